The Kier molecular flexibility index (Phi) is 2.75. The van der Waals surface area contributed by atoms with Gasteiger partial charge in [0.1, 0.15) is 0 Å². The van der Waals surface area contributed by atoms with Crippen LogP contribution < -0.4 is 0 Å². The molecule has 2 rings (SSSR count). The van der Waals surface area contributed by atoms with Crippen LogP contribution in [0.3, 0.4) is 0 Å². The van der Waals surface area contributed by atoms with E-state index in [4.69, 9.17) is 5.11 Å². The first-order valence-corrected chi connectivity index (χ1v) is 5.43. The summed E-state index contributed by atoms with van der Waals surface area (Å²) < 4.78 is 1.85. The van der Waals surface area contributed by atoms with Gasteiger partial charge < -0.3 is 5.11 Å². The van der Waals surface area contributed by atoms with Crippen LogP contribution in [-0.2, 0) is 11.3 Å². The van der Waals surface area contributed by atoms with Crippen LogP contribution in [0.2, 0.25) is 0 Å². The number of hydrogen-bond donors (Lipinski definition) is 1. The average molecular weight is 208 g/mol. The Morgan fingerprint density at radius 3 is 3.00 bits per heavy atom. The molecule has 4 heteroatoms. The van der Waals surface area contributed by atoms with Crippen molar-refractivity contribution in [3.05, 3.63) is 18.0 Å². The maximum absolute atomic E-state index is 10.9. The van der Waals surface area contributed by atoms with Crippen molar-refractivity contribution in [2.24, 2.45) is 5.92 Å². The second-order valence-electron chi connectivity index (χ2n) is 4.30. The third kappa shape index (κ3) is 2.03. The molecule has 1 atom stereocenters. The van der Waals surface area contributed by atoms with E-state index in [9.17, 15) is 4.79 Å². The molecule has 1 fully saturated rings. The quantitative estimate of drug-likeness (QED) is 0.821. The van der Waals surface area contributed by atoms with Crippen molar-refractivity contribution in [2.45, 2.75) is 38.6 Å². The SMILES string of the molecule is CC(C(=O)O)c1ccnn1CC1CCC1. The third-order valence-corrected chi connectivity index (χ3v) is 3.22. The topological polar surface area (TPSA) is 55.1 Å². The fourth-order valence-corrected chi connectivity index (χ4v) is 1.91. The molecule has 1 aromatic heterocycles. The van der Waals surface area contributed by atoms with E-state index in [1.807, 2.05) is 4.68 Å². The number of hydrogen-bond acceptors (Lipinski definition) is 2. The van der Waals surface area contributed by atoms with E-state index in [1.54, 1.807) is 19.2 Å². The summed E-state index contributed by atoms with van der Waals surface area (Å²) in [6.45, 7) is 2.58. The molecular weight excluding hydrogens is 192 g/mol. The maximum atomic E-state index is 10.9. The summed E-state index contributed by atoms with van der Waals surface area (Å²) in [4.78, 5) is 10.9. The summed E-state index contributed by atoms with van der Waals surface area (Å²) >= 11 is 0. The molecule has 1 aliphatic carbocycles. The Balaban J connectivity index is 2.10. The first kappa shape index (κ1) is 10.2. The molecule has 4 nitrogen and oxygen atoms in total. The molecule has 82 valence electrons. The van der Waals surface area contributed by atoms with Gasteiger partial charge in [-0.2, -0.15) is 5.10 Å². The van der Waals surface area contributed by atoms with E-state index in [0.717, 1.165) is 12.2 Å². The molecule has 15 heavy (non-hydrogen) atoms. The molecule has 0 saturated heterocycles. The lowest BCUT2D eigenvalue weighted by Gasteiger charge is -2.26. The summed E-state index contributed by atoms with van der Waals surface area (Å²) in [6, 6.07) is 1.80. The van der Waals surface area contributed by atoms with Gasteiger partial charge in [-0.1, -0.05) is 6.42 Å². The van der Waals surface area contributed by atoms with Gasteiger partial charge in [0, 0.05) is 12.7 Å². The molecule has 1 saturated carbocycles. The van der Waals surface area contributed by atoms with Crippen LogP contribution >= 0.6 is 0 Å². The second-order valence-corrected chi connectivity index (χ2v) is 4.30. The van der Waals surface area contributed by atoms with Crippen LogP contribution in [0.15, 0.2) is 12.3 Å². The van der Waals surface area contributed by atoms with Crippen molar-refractivity contribution in [1.29, 1.82) is 0 Å². The van der Waals surface area contributed by atoms with Gasteiger partial charge >= 0.3 is 5.97 Å². The van der Waals surface area contributed by atoms with Crippen molar-refractivity contribution < 1.29 is 9.90 Å². The van der Waals surface area contributed by atoms with E-state index in [-0.39, 0.29) is 0 Å². The summed E-state index contributed by atoms with van der Waals surface area (Å²) in [5.41, 5.74) is 0.814. The zero-order valence-corrected chi connectivity index (χ0v) is 8.89. The van der Waals surface area contributed by atoms with Crippen LogP contribution in [-0.4, -0.2) is 20.9 Å². The monoisotopic (exact) mass is 208 g/mol. The Hall–Kier alpha value is -1.32. The highest BCUT2D eigenvalue weighted by molar-refractivity contribution is 5.74. The van der Waals surface area contributed by atoms with Gasteiger partial charge in [0.15, 0.2) is 0 Å². The Labute approximate surface area is 88.9 Å². The molecule has 0 aliphatic heterocycles. The highest BCUT2D eigenvalue weighted by atomic mass is 16.4. The van der Waals surface area contributed by atoms with Gasteiger partial charge in [-0.25, -0.2) is 0 Å². The molecule has 1 heterocycles. The van der Waals surface area contributed by atoms with Gasteiger partial charge in [0.2, 0.25) is 0 Å². The molecule has 0 spiro atoms. The fourth-order valence-electron chi connectivity index (χ4n) is 1.91. The van der Waals surface area contributed by atoms with Crippen molar-refractivity contribution in [3.8, 4) is 0 Å². The number of nitrogens with zero attached hydrogens (tertiary/aromatic N) is 2. The lowest BCUT2D eigenvalue weighted by Crippen LogP contribution is -2.22. The lowest BCUT2D eigenvalue weighted by molar-refractivity contribution is -0.138. The molecule has 1 unspecified atom stereocenters. The Bertz CT molecular complexity index is 355. The largest absolute Gasteiger partial charge is 0.481 e. The number of rotatable bonds is 4. The van der Waals surface area contributed by atoms with Crippen LogP contribution in [0.4, 0.5) is 0 Å². The second kappa shape index (κ2) is 4.04. The van der Waals surface area contributed by atoms with Crippen LogP contribution in [0.1, 0.15) is 37.8 Å². The van der Waals surface area contributed by atoms with E-state index >= 15 is 0 Å². The van der Waals surface area contributed by atoms with Gasteiger partial charge in [-0.05, 0) is 31.7 Å². The van der Waals surface area contributed by atoms with Gasteiger partial charge in [-0.3, -0.25) is 9.48 Å². The van der Waals surface area contributed by atoms with Gasteiger partial charge in [0.05, 0.1) is 11.6 Å². The molecule has 1 N–H and O–H groups in total. The van der Waals surface area contributed by atoms with Crippen molar-refractivity contribution in [2.75, 3.05) is 0 Å². The third-order valence-electron chi connectivity index (χ3n) is 3.22. The van der Waals surface area contributed by atoms with E-state index in [2.05, 4.69) is 5.10 Å². The Morgan fingerprint density at radius 2 is 2.47 bits per heavy atom. The maximum Gasteiger partial charge on any atom is 0.312 e. The number of carboxylic acid groups (broad SMARTS) is 1. The van der Waals surface area contributed by atoms with Gasteiger partial charge in [0.25, 0.3) is 0 Å². The lowest BCUT2D eigenvalue weighted by atomic mass is 9.85. The number of aromatic nitrogens is 2. The minimum absolute atomic E-state index is 0.465. The normalized spacial score (nSPS) is 18.5. The molecule has 0 aromatic carbocycles. The summed E-state index contributed by atoms with van der Waals surface area (Å²) in [6.07, 6.45) is 5.49. The smallest absolute Gasteiger partial charge is 0.312 e. The van der Waals surface area contributed by atoms with E-state index in [1.165, 1.54) is 19.3 Å². The zero-order chi connectivity index (χ0) is 10.8. The summed E-state index contributed by atoms with van der Waals surface area (Å²) in [5, 5.41) is 13.1. The fraction of sp³-hybridized carbons (Fsp3) is 0.636. The van der Waals surface area contributed by atoms with E-state index < -0.39 is 11.9 Å². The van der Waals surface area contributed by atoms with Crippen LogP contribution in [0.5, 0.6) is 0 Å². The zero-order valence-electron chi connectivity index (χ0n) is 8.89. The number of carbonyl (C=O) groups is 1. The van der Waals surface area contributed by atoms with Crippen molar-refractivity contribution >= 4 is 5.97 Å². The minimum Gasteiger partial charge on any atom is -0.481 e. The highest BCUT2D eigenvalue weighted by Crippen LogP contribution is 2.28. The first-order chi connectivity index (χ1) is 7.18. The number of carboxylic acids is 1. The van der Waals surface area contributed by atoms with Gasteiger partial charge in [-0.15, -0.1) is 0 Å². The summed E-state index contributed by atoms with van der Waals surface area (Å²) in [5.74, 6) is -0.553. The molecule has 1 aromatic rings. The standard InChI is InChI=1S/C11H16N2O2/c1-8(11(14)15)10-5-6-12-13(10)7-9-3-2-4-9/h5-6,8-9H,2-4,7H2,1H3,(H,14,15). The van der Waals surface area contributed by atoms with Crippen LogP contribution in [0.25, 0.3) is 0 Å². The molecule has 0 amide bonds. The van der Waals surface area contributed by atoms with Crippen molar-refractivity contribution in [1.82, 2.24) is 9.78 Å². The molecule has 1 aliphatic rings. The molecule has 0 bridgehead atoms. The first-order valence-electron chi connectivity index (χ1n) is 5.43. The molecule has 0 radical (unpaired) electrons. The summed E-state index contributed by atoms with van der Waals surface area (Å²) in [7, 11) is 0. The highest BCUT2D eigenvalue weighted by Gasteiger charge is 2.22. The predicted octanol–water partition coefficient (Wildman–Crippen LogP) is 1.87. The predicted molar refractivity (Wildman–Crippen MR) is 55.6 cm³/mol. The average Bonchev–Trinajstić information content (AvgIpc) is 2.57. The van der Waals surface area contributed by atoms with Crippen molar-refractivity contribution in [3.63, 3.8) is 0 Å². The van der Waals surface area contributed by atoms with Crippen LogP contribution in [0, 0.1) is 5.92 Å². The number of aliphatic carboxylic acids is 1. The minimum atomic E-state index is -0.787. The Morgan fingerprint density at radius 1 is 1.73 bits per heavy atom. The molecular formula is C11H16N2O2. The van der Waals surface area contributed by atoms with E-state index in [0.29, 0.717) is 5.92 Å².